The molecule has 0 radical (unpaired) electrons. The Labute approximate surface area is 175 Å². The minimum Gasteiger partial charge on any atom is -0.326 e. The predicted octanol–water partition coefficient (Wildman–Crippen LogP) is 4.09. The van der Waals surface area contributed by atoms with Crippen molar-refractivity contribution in [1.82, 2.24) is 10.2 Å². The van der Waals surface area contributed by atoms with Crippen molar-refractivity contribution in [1.29, 1.82) is 0 Å². The second kappa shape index (κ2) is 9.60. The fourth-order valence-electron chi connectivity index (χ4n) is 4.60. The van der Waals surface area contributed by atoms with E-state index in [9.17, 15) is 4.79 Å². The van der Waals surface area contributed by atoms with Gasteiger partial charge in [-0.3, -0.25) is 9.69 Å². The summed E-state index contributed by atoms with van der Waals surface area (Å²) in [7, 11) is 0. The van der Waals surface area contributed by atoms with Crippen LogP contribution in [0.25, 0.3) is 0 Å². The molecule has 0 bridgehead atoms. The predicted molar refractivity (Wildman–Crippen MR) is 116 cm³/mol. The Morgan fingerprint density at radius 1 is 1.15 bits per heavy atom. The first-order valence-electron chi connectivity index (χ1n) is 9.97. The van der Waals surface area contributed by atoms with Crippen LogP contribution in [0.3, 0.4) is 0 Å². The molecule has 4 rings (SSSR count). The smallest absolute Gasteiger partial charge is 0.228 e. The quantitative estimate of drug-likeness (QED) is 0.780. The maximum Gasteiger partial charge on any atom is 0.228 e. The molecule has 2 aliphatic heterocycles. The van der Waals surface area contributed by atoms with E-state index in [0.29, 0.717) is 5.41 Å². The maximum absolute atomic E-state index is 12.5. The zero-order chi connectivity index (χ0) is 17.3. The monoisotopic (exact) mass is 413 g/mol. The van der Waals surface area contributed by atoms with E-state index in [0.717, 1.165) is 50.5 Å². The molecule has 152 valence electrons. The zero-order valence-electron chi connectivity index (χ0n) is 16.2. The molecule has 2 N–H and O–H groups in total. The molecule has 1 amide bonds. The minimum atomic E-state index is 0. The number of hydrogen-bond acceptors (Lipinski definition) is 3. The SMILES string of the molecule is CC1CCN(Cc2ccc(NC(=O)C3CC34CCNCC4)cc2)CC1.Cl.Cl. The highest BCUT2D eigenvalue weighted by molar-refractivity contribution is 5.95. The fraction of sp³-hybridized carbons (Fsp3) is 0.667. The minimum absolute atomic E-state index is 0. The van der Waals surface area contributed by atoms with Gasteiger partial charge in [0.05, 0.1) is 0 Å². The summed E-state index contributed by atoms with van der Waals surface area (Å²) in [4.78, 5) is 15.1. The first-order chi connectivity index (χ1) is 12.1. The van der Waals surface area contributed by atoms with Crippen LogP contribution in [0, 0.1) is 17.3 Å². The number of carbonyl (C=O) groups excluding carboxylic acids is 1. The number of nitrogens with one attached hydrogen (secondary N) is 2. The molecule has 4 nitrogen and oxygen atoms in total. The summed E-state index contributed by atoms with van der Waals surface area (Å²) in [5, 5.41) is 6.54. The van der Waals surface area contributed by atoms with Crippen molar-refractivity contribution in [2.45, 2.75) is 45.6 Å². The number of likely N-dealkylation sites (tertiary alicyclic amines) is 1. The van der Waals surface area contributed by atoms with Gasteiger partial charge in [-0.25, -0.2) is 0 Å². The molecule has 1 spiro atoms. The van der Waals surface area contributed by atoms with Crippen LogP contribution in [0.15, 0.2) is 24.3 Å². The summed E-state index contributed by atoms with van der Waals surface area (Å²) < 4.78 is 0. The van der Waals surface area contributed by atoms with Gasteiger partial charge in [-0.2, -0.15) is 0 Å². The third-order valence-corrected chi connectivity index (χ3v) is 6.61. The number of nitrogens with zero attached hydrogens (tertiary/aromatic N) is 1. The third kappa shape index (κ3) is 5.38. The van der Waals surface area contributed by atoms with Crippen molar-refractivity contribution in [2.75, 3.05) is 31.5 Å². The topological polar surface area (TPSA) is 44.4 Å². The van der Waals surface area contributed by atoms with E-state index in [-0.39, 0.29) is 36.6 Å². The average Bonchev–Trinajstić information content (AvgIpc) is 3.32. The lowest BCUT2D eigenvalue weighted by atomic mass is 9.92. The van der Waals surface area contributed by atoms with Gasteiger partial charge in [-0.05, 0) is 87.3 Å². The number of amides is 1. The molecule has 0 aromatic heterocycles. The van der Waals surface area contributed by atoms with E-state index in [1.165, 1.54) is 31.5 Å². The normalized spacial score (nSPS) is 24.6. The Bertz CT molecular complexity index is 608. The Morgan fingerprint density at radius 2 is 1.78 bits per heavy atom. The lowest BCUT2D eigenvalue weighted by molar-refractivity contribution is -0.118. The molecule has 1 saturated carbocycles. The van der Waals surface area contributed by atoms with E-state index >= 15 is 0 Å². The molecule has 3 fully saturated rings. The van der Waals surface area contributed by atoms with Crippen LogP contribution in [0.1, 0.15) is 44.6 Å². The van der Waals surface area contributed by atoms with Gasteiger partial charge in [0.1, 0.15) is 0 Å². The molecule has 2 saturated heterocycles. The molecule has 2 heterocycles. The summed E-state index contributed by atoms with van der Waals surface area (Å²) in [5.74, 6) is 1.32. The number of rotatable bonds is 4. The van der Waals surface area contributed by atoms with Crippen LogP contribution < -0.4 is 10.6 Å². The number of benzene rings is 1. The van der Waals surface area contributed by atoms with Crippen molar-refractivity contribution in [3.8, 4) is 0 Å². The Hall–Kier alpha value is -0.810. The number of halogens is 2. The van der Waals surface area contributed by atoms with Crippen molar-refractivity contribution in [3.63, 3.8) is 0 Å². The Morgan fingerprint density at radius 3 is 2.41 bits per heavy atom. The van der Waals surface area contributed by atoms with Crippen LogP contribution >= 0.6 is 24.8 Å². The van der Waals surface area contributed by atoms with Crippen LogP contribution in [0.5, 0.6) is 0 Å². The van der Waals surface area contributed by atoms with Crippen LogP contribution in [0.2, 0.25) is 0 Å². The number of piperidine rings is 2. The number of anilines is 1. The van der Waals surface area contributed by atoms with Crippen molar-refractivity contribution in [2.24, 2.45) is 17.3 Å². The summed E-state index contributed by atoms with van der Waals surface area (Å²) in [6.45, 7) is 7.92. The maximum atomic E-state index is 12.5. The fourth-order valence-corrected chi connectivity index (χ4v) is 4.60. The van der Waals surface area contributed by atoms with Crippen LogP contribution in [-0.4, -0.2) is 37.0 Å². The van der Waals surface area contributed by atoms with Gasteiger partial charge in [0.2, 0.25) is 5.91 Å². The second-order valence-electron chi connectivity index (χ2n) is 8.51. The molecule has 6 heteroatoms. The molecule has 1 atom stereocenters. The molecule has 1 aromatic rings. The van der Waals surface area contributed by atoms with E-state index in [1.54, 1.807) is 0 Å². The average molecular weight is 414 g/mol. The first-order valence-corrected chi connectivity index (χ1v) is 9.97. The summed E-state index contributed by atoms with van der Waals surface area (Å²) in [6.07, 6.45) is 6.00. The highest BCUT2D eigenvalue weighted by atomic mass is 35.5. The lowest BCUT2D eigenvalue weighted by Crippen LogP contribution is -2.32. The highest BCUT2D eigenvalue weighted by Crippen LogP contribution is 2.58. The van der Waals surface area contributed by atoms with Gasteiger partial charge < -0.3 is 10.6 Å². The van der Waals surface area contributed by atoms with Crippen LogP contribution in [0.4, 0.5) is 5.69 Å². The van der Waals surface area contributed by atoms with Gasteiger partial charge in [-0.1, -0.05) is 19.1 Å². The van der Waals surface area contributed by atoms with Gasteiger partial charge in [-0.15, -0.1) is 24.8 Å². The van der Waals surface area contributed by atoms with Crippen molar-refractivity contribution >= 4 is 36.4 Å². The van der Waals surface area contributed by atoms with E-state index < -0.39 is 0 Å². The van der Waals surface area contributed by atoms with Crippen molar-refractivity contribution < 1.29 is 4.79 Å². The van der Waals surface area contributed by atoms with Crippen LogP contribution in [-0.2, 0) is 11.3 Å². The van der Waals surface area contributed by atoms with E-state index in [4.69, 9.17) is 0 Å². The second-order valence-corrected chi connectivity index (χ2v) is 8.51. The Balaban J connectivity index is 0.00000131. The van der Waals surface area contributed by atoms with E-state index in [1.807, 2.05) is 0 Å². The van der Waals surface area contributed by atoms with Crippen molar-refractivity contribution in [3.05, 3.63) is 29.8 Å². The van der Waals surface area contributed by atoms with Gasteiger partial charge in [0.25, 0.3) is 0 Å². The number of hydrogen-bond donors (Lipinski definition) is 2. The van der Waals surface area contributed by atoms with Gasteiger partial charge >= 0.3 is 0 Å². The molecular weight excluding hydrogens is 381 g/mol. The molecule has 1 unspecified atom stereocenters. The molecule has 27 heavy (non-hydrogen) atoms. The highest BCUT2D eigenvalue weighted by Gasteiger charge is 2.57. The van der Waals surface area contributed by atoms with Gasteiger partial charge in [0, 0.05) is 18.2 Å². The molecule has 1 aliphatic carbocycles. The molecule has 1 aromatic carbocycles. The van der Waals surface area contributed by atoms with Gasteiger partial charge in [0.15, 0.2) is 0 Å². The largest absolute Gasteiger partial charge is 0.326 e. The van der Waals surface area contributed by atoms with E-state index in [2.05, 4.69) is 46.7 Å². The number of carbonyl (C=O) groups is 1. The summed E-state index contributed by atoms with van der Waals surface area (Å²) >= 11 is 0. The molecule has 3 aliphatic rings. The zero-order valence-corrected chi connectivity index (χ0v) is 17.8. The molecular formula is C21H33Cl2N3O. The standard InChI is InChI=1S/C21H31N3O.2ClH/c1-16-6-12-24(13-7-16)15-17-2-4-18(5-3-17)23-20(25)19-14-21(19)8-10-22-11-9-21;;/h2-5,16,19,22H,6-15H2,1H3,(H,23,25);2*1H. The summed E-state index contributed by atoms with van der Waals surface area (Å²) in [6, 6.07) is 8.47. The summed E-state index contributed by atoms with van der Waals surface area (Å²) in [5.41, 5.74) is 2.59. The Kier molecular flexibility index (Phi) is 7.99. The first kappa shape index (κ1) is 22.5. The third-order valence-electron chi connectivity index (χ3n) is 6.61. The lowest BCUT2D eigenvalue weighted by Gasteiger charge is -2.30.